The molecule has 0 spiro atoms. The maximum atomic E-state index is 12.8. The van der Waals surface area contributed by atoms with Crippen LogP contribution in [0.25, 0.3) is 11.2 Å². The van der Waals surface area contributed by atoms with Crippen LogP contribution >= 0.6 is 0 Å². The average Bonchev–Trinajstić information content (AvgIpc) is 3.51. The van der Waals surface area contributed by atoms with Crippen molar-refractivity contribution in [2.24, 2.45) is 0 Å². The summed E-state index contributed by atoms with van der Waals surface area (Å²) in [6.07, 6.45) is 0.989. The van der Waals surface area contributed by atoms with Crippen LogP contribution in [0.2, 0.25) is 0 Å². The number of nitrogens with zero attached hydrogens (tertiary/aromatic N) is 5. The summed E-state index contributed by atoms with van der Waals surface area (Å²) in [6, 6.07) is 0. The number of ether oxygens (including phenoxy) is 6. The largest absolute Gasteiger partial charge is 0.472 e. The molecule has 3 atom stereocenters. The predicted molar refractivity (Wildman–Crippen MR) is 137 cm³/mol. The number of imide groups is 1. The van der Waals surface area contributed by atoms with E-state index >= 15 is 0 Å². The molecule has 2 amide bonds. The Morgan fingerprint density at radius 2 is 1.65 bits per heavy atom. The summed E-state index contributed by atoms with van der Waals surface area (Å²) in [7, 11) is 0. The van der Waals surface area contributed by atoms with E-state index in [0.717, 1.165) is 0 Å². The van der Waals surface area contributed by atoms with Crippen molar-refractivity contribution in [3.8, 4) is 5.88 Å². The summed E-state index contributed by atoms with van der Waals surface area (Å²) in [5.41, 5.74) is 0.266. The van der Waals surface area contributed by atoms with E-state index in [0.29, 0.717) is 4.90 Å². The molecule has 0 aliphatic carbocycles. The molecule has 1 saturated heterocycles. The Kier molecular flexibility index (Phi) is 10.3. The molecule has 0 unspecified atom stereocenters. The van der Waals surface area contributed by atoms with Crippen LogP contribution in [0.5, 0.6) is 5.88 Å². The number of hydrogen-bond acceptors (Lipinski definition) is 13. The zero-order valence-corrected chi connectivity index (χ0v) is 22.0. The first-order valence-electron chi connectivity index (χ1n) is 12.0. The van der Waals surface area contributed by atoms with Gasteiger partial charge >= 0.3 is 24.1 Å². The van der Waals surface area contributed by atoms with Gasteiger partial charge in [0.1, 0.15) is 44.9 Å². The standard InChI is InChI=1S/C25H29N5O10/c1-6-9-35-22-20-21(27-23(28-22)30(24(33)36-10-7-2)25(34)37-11-8-3)29(14-26-20)19-12-17(39-16(5)32)18(40-19)13-38-15(4)31/h6-8,14,17-19H,1-3,9-13H2,4-5H3/t17-,18+,19+/m0/s1. The van der Waals surface area contributed by atoms with Crippen molar-refractivity contribution in [1.29, 1.82) is 0 Å². The normalized spacial score (nSPS) is 17.9. The Hall–Kier alpha value is -4.79. The van der Waals surface area contributed by atoms with Gasteiger partial charge in [0.15, 0.2) is 11.2 Å². The van der Waals surface area contributed by atoms with Gasteiger partial charge in [0.25, 0.3) is 0 Å². The van der Waals surface area contributed by atoms with Gasteiger partial charge in [0.2, 0.25) is 11.8 Å². The fourth-order valence-electron chi connectivity index (χ4n) is 3.61. The molecule has 2 aromatic rings. The van der Waals surface area contributed by atoms with Crippen LogP contribution < -0.4 is 9.64 Å². The van der Waals surface area contributed by atoms with Crippen molar-refractivity contribution in [2.75, 3.05) is 31.3 Å². The summed E-state index contributed by atoms with van der Waals surface area (Å²) in [5, 5.41) is 0. The molecular formula is C25H29N5O10. The minimum absolute atomic E-state index is 0.0130. The summed E-state index contributed by atoms with van der Waals surface area (Å²) >= 11 is 0. The van der Waals surface area contributed by atoms with Crippen molar-refractivity contribution in [2.45, 2.75) is 38.7 Å². The molecule has 214 valence electrons. The monoisotopic (exact) mass is 559 g/mol. The molecule has 40 heavy (non-hydrogen) atoms. The lowest BCUT2D eigenvalue weighted by atomic mass is 10.2. The number of imidazole rings is 1. The minimum Gasteiger partial charge on any atom is -0.472 e. The number of amides is 2. The molecule has 0 N–H and O–H groups in total. The van der Waals surface area contributed by atoms with E-state index in [4.69, 9.17) is 28.4 Å². The highest BCUT2D eigenvalue weighted by Gasteiger charge is 2.40. The van der Waals surface area contributed by atoms with Crippen LogP contribution in [-0.4, -0.2) is 82.3 Å². The molecule has 15 nitrogen and oxygen atoms in total. The van der Waals surface area contributed by atoms with Crippen molar-refractivity contribution in [3.05, 3.63) is 44.3 Å². The van der Waals surface area contributed by atoms with Crippen molar-refractivity contribution >= 4 is 41.2 Å². The fraction of sp³-hybridized carbons (Fsp3) is 0.400. The summed E-state index contributed by atoms with van der Waals surface area (Å²) in [5.74, 6) is -1.60. The number of esters is 2. The lowest BCUT2D eigenvalue weighted by Crippen LogP contribution is -2.39. The van der Waals surface area contributed by atoms with Gasteiger partial charge in [0, 0.05) is 20.3 Å². The molecule has 0 bridgehead atoms. The minimum atomic E-state index is -1.14. The lowest BCUT2D eigenvalue weighted by molar-refractivity contribution is -0.155. The number of aromatic nitrogens is 4. The van der Waals surface area contributed by atoms with Crippen LogP contribution in [0.4, 0.5) is 15.5 Å². The Labute approximate surface area is 229 Å². The number of anilines is 1. The lowest BCUT2D eigenvalue weighted by Gasteiger charge is -2.19. The van der Waals surface area contributed by atoms with Crippen LogP contribution in [0.15, 0.2) is 44.3 Å². The second-order valence-corrected chi connectivity index (χ2v) is 8.13. The van der Waals surface area contributed by atoms with Crippen molar-refractivity contribution in [1.82, 2.24) is 19.5 Å². The Morgan fingerprint density at radius 1 is 1.00 bits per heavy atom. The van der Waals surface area contributed by atoms with Crippen LogP contribution in [-0.2, 0) is 33.3 Å². The molecule has 1 aliphatic rings. The van der Waals surface area contributed by atoms with E-state index in [1.165, 1.54) is 43.0 Å². The molecule has 1 aliphatic heterocycles. The summed E-state index contributed by atoms with van der Waals surface area (Å²) < 4.78 is 33.7. The van der Waals surface area contributed by atoms with Gasteiger partial charge in [-0.15, -0.1) is 4.90 Å². The third-order valence-corrected chi connectivity index (χ3v) is 5.19. The SMILES string of the molecule is C=CCOC(=O)N(C(=O)OCC=C)c1nc(OCC=C)c2ncn([C@H]3C[C@H](OC(C)=O)[C@@H](COC(C)=O)O3)c2n1. The van der Waals surface area contributed by atoms with Gasteiger partial charge in [-0.3, -0.25) is 14.2 Å². The highest BCUT2D eigenvalue weighted by molar-refractivity contribution is 6.08. The smallest absolute Gasteiger partial charge is 0.426 e. The topological polar surface area (TPSA) is 170 Å². The number of rotatable bonds is 12. The first-order chi connectivity index (χ1) is 19.2. The van der Waals surface area contributed by atoms with E-state index in [-0.39, 0.29) is 49.9 Å². The third kappa shape index (κ3) is 7.19. The zero-order chi connectivity index (χ0) is 29.2. The quantitative estimate of drug-likeness (QED) is 0.211. The first-order valence-corrected chi connectivity index (χ1v) is 12.0. The molecule has 0 saturated carbocycles. The van der Waals surface area contributed by atoms with E-state index in [1.807, 2.05) is 0 Å². The van der Waals surface area contributed by atoms with Gasteiger partial charge in [-0.25, -0.2) is 14.6 Å². The molecule has 0 radical (unpaired) electrons. The zero-order valence-electron chi connectivity index (χ0n) is 22.0. The van der Waals surface area contributed by atoms with E-state index in [2.05, 4.69) is 34.7 Å². The summed E-state index contributed by atoms with van der Waals surface area (Å²) in [6.45, 7) is 12.5. The molecule has 3 rings (SSSR count). The second kappa shape index (κ2) is 13.8. The molecular weight excluding hydrogens is 530 g/mol. The van der Waals surface area contributed by atoms with E-state index in [1.54, 1.807) is 0 Å². The van der Waals surface area contributed by atoms with Crippen LogP contribution in [0, 0.1) is 0 Å². The van der Waals surface area contributed by atoms with Crippen molar-refractivity contribution < 1.29 is 47.6 Å². The maximum Gasteiger partial charge on any atom is 0.426 e. The Morgan fingerprint density at radius 3 is 2.23 bits per heavy atom. The van der Waals surface area contributed by atoms with Crippen LogP contribution in [0.1, 0.15) is 26.5 Å². The number of fused-ring (bicyclic) bond motifs is 1. The first kappa shape index (κ1) is 29.8. The van der Waals surface area contributed by atoms with Crippen molar-refractivity contribution in [3.63, 3.8) is 0 Å². The Bertz CT molecular complexity index is 1270. The number of carbonyl (C=O) groups excluding carboxylic acids is 4. The molecule has 0 aromatic carbocycles. The third-order valence-electron chi connectivity index (χ3n) is 5.19. The van der Waals surface area contributed by atoms with Gasteiger partial charge in [-0.2, -0.15) is 9.97 Å². The highest BCUT2D eigenvalue weighted by atomic mass is 16.6. The van der Waals surface area contributed by atoms with Gasteiger partial charge in [-0.05, 0) is 0 Å². The molecule has 15 heteroatoms. The summed E-state index contributed by atoms with van der Waals surface area (Å²) in [4.78, 5) is 62.0. The van der Waals surface area contributed by atoms with E-state index < -0.39 is 48.5 Å². The Balaban J connectivity index is 2.08. The maximum absolute atomic E-state index is 12.8. The number of carbonyl (C=O) groups is 4. The van der Waals surface area contributed by atoms with Gasteiger partial charge in [-0.1, -0.05) is 38.0 Å². The predicted octanol–water partition coefficient (Wildman–Crippen LogP) is 2.63. The second-order valence-electron chi connectivity index (χ2n) is 8.13. The highest BCUT2D eigenvalue weighted by Crippen LogP contribution is 2.35. The van der Waals surface area contributed by atoms with Gasteiger partial charge in [0.05, 0.1) is 6.33 Å². The van der Waals surface area contributed by atoms with E-state index in [9.17, 15) is 19.2 Å². The average molecular weight is 560 g/mol. The van der Waals surface area contributed by atoms with Crippen LogP contribution in [0.3, 0.4) is 0 Å². The van der Waals surface area contributed by atoms with Gasteiger partial charge < -0.3 is 28.4 Å². The number of hydrogen-bond donors (Lipinski definition) is 0. The fourth-order valence-corrected chi connectivity index (χ4v) is 3.61. The molecule has 3 heterocycles. The molecule has 2 aromatic heterocycles. The molecule has 1 fully saturated rings.